The molecule has 0 radical (unpaired) electrons. The first kappa shape index (κ1) is 11.2. The number of fused-ring (bicyclic) bond motifs is 2. The average Bonchev–Trinajstić information content (AvgIpc) is 2.85. The number of thiophene rings is 1. The molecule has 2 N–H and O–H groups in total. The maximum atomic E-state index is 12.1. The molecule has 2 unspecified atom stereocenters. The van der Waals surface area contributed by atoms with Gasteiger partial charge in [-0.15, -0.1) is 0 Å². The maximum absolute atomic E-state index is 12.1. The fourth-order valence-electron chi connectivity index (χ4n) is 3.03. The number of amides is 1. The summed E-state index contributed by atoms with van der Waals surface area (Å²) in [6.07, 6.45) is 4.72. The van der Waals surface area contributed by atoms with Gasteiger partial charge in [0.15, 0.2) is 0 Å². The summed E-state index contributed by atoms with van der Waals surface area (Å²) >= 11 is 1.60. The molecule has 1 aromatic rings. The lowest BCUT2D eigenvalue weighted by atomic mass is 9.99. The van der Waals surface area contributed by atoms with Crippen molar-refractivity contribution < 1.29 is 4.79 Å². The fraction of sp³-hybridized carbons (Fsp3) is 0.615. The van der Waals surface area contributed by atoms with Gasteiger partial charge in [0, 0.05) is 23.5 Å². The van der Waals surface area contributed by atoms with Crippen molar-refractivity contribution in [1.82, 2.24) is 10.6 Å². The topological polar surface area (TPSA) is 41.1 Å². The Morgan fingerprint density at radius 3 is 2.65 bits per heavy atom. The zero-order valence-electron chi connectivity index (χ0n) is 10.0. The zero-order valence-corrected chi connectivity index (χ0v) is 10.8. The van der Waals surface area contributed by atoms with Gasteiger partial charge in [-0.05, 0) is 43.6 Å². The van der Waals surface area contributed by atoms with Gasteiger partial charge in [-0.25, -0.2) is 0 Å². The van der Waals surface area contributed by atoms with E-state index in [1.807, 2.05) is 17.7 Å². The Bertz CT molecular complexity index is 417. The predicted molar refractivity (Wildman–Crippen MR) is 69.5 cm³/mol. The molecule has 1 aromatic heterocycles. The highest BCUT2D eigenvalue weighted by Gasteiger charge is 2.34. The van der Waals surface area contributed by atoms with Crippen molar-refractivity contribution in [2.75, 3.05) is 0 Å². The molecule has 3 heterocycles. The van der Waals surface area contributed by atoms with Crippen molar-refractivity contribution in [3.8, 4) is 0 Å². The zero-order chi connectivity index (χ0) is 11.8. The van der Waals surface area contributed by atoms with E-state index in [1.165, 1.54) is 12.8 Å². The summed E-state index contributed by atoms with van der Waals surface area (Å²) in [6, 6.07) is 1.62. The second-order valence-corrected chi connectivity index (χ2v) is 5.99. The van der Waals surface area contributed by atoms with Crippen LogP contribution in [0.3, 0.4) is 0 Å². The van der Waals surface area contributed by atoms with E-state index in [4.69, 9.17) is 0 Å². The number of hydrogen-bond donors (Lipinski definition) is 2. The van der Waals surface area contributed by atoms with Crippen LogP contribution in [-0.4, -0.2) is 24.0 Å². The summed E-state index contributed by atoms with van der Waals surface area (Å²) in [6.45, 7) is 2.00. The lowest BCUT2D eigenvalue weighted by molar-refractivity contribution is 0.0924. The van der Waals surface area contributed by atoms with E-state index < -0.39 is 0 Å². The standard InChI is InChI=1S/C13H18N2OS/c1-8-6-17-7-12(8)13(16)15-11-4-9-2-3-10(5-11)14-9/h6-7,9-11,14H,2-5H2,1H3,(H,15,16). The van der Waals surface area contributed by atoms with E-state index in [-0.39, 0.29) is 5.91 Å². The molecule has 17 heavy (non-hydrogen) atoms. The molecule has 0 spiro atoms. The number of carbonyl (C=O) groups excluding carboxylic acids is 1. The molecule has 3 nitrogen and oxygen atoms in total. The van der Waals surface area contributed by atoms with Gasteiger partial charge in [-0.1, -0.05) is 0 Å². The van der Waals surface area contributed by atoms with Crippen molar-refractivity contribution in [1.29, 1.82) is 0 Å². The van der Waals surface area contributed by atoms with Gasteiger partial charge in [0.05, 0.1) is 5.56 Å². The van der Waals surface area contributed by atoms with Crippen molar-refractivity contribution in [3.63, 3.8) is 0 Å². The van der Waals surface area contributed by atoms with Crippen LogP contribution in [0.4, 0.5) is 0 Å². The summed E-state index contributed by atoms with van der Waals surface area (Å²) in [5, 5.41) is 10.8. The van der Waals surface area contributed by atoms with Gasteiger partial charge in [-0.3, -0.25) is 4.79 Å². The molecule has 1 amide bonds. The van der Waals surface area contributed by atoms with Crippen LogP contribution in [0.2, 0.25) is 0 Å². The molecule has 4 heteroatoms. The van der Waals surface area contributed by atoms with Crippen LogP contribution in [0.5, 0.6) is 0 Å². The number of piperidine rings is 1. The molecule has 2 saturated heterocycles. The molecular formula is C13H18N2OS. The number of aryl methyl sites for hydroxylation is 1. The molecule has 2 aliphatic heterocycles. The van der Waals surface area contributed by atoms with E-state index >= 15 is 0 Å². The number of nitrogens with one attached hydrogen (secondary N) is 2. The van der Waals surface area contributed by atoms with E-state index in [1.54, 1.807) is 11.3 Å². The minimum absolute atomic E-state index is 0.107. The first-order valence-corrected chi connectivity index (χ1v) is 7.26. The van der Waals surface area contributed by atoms with Gasteiger partial charge in [-0.2, -0.15) is 11.3 Å². The lowest BCUT2D eigenvalue weighted by Crippen LogP contribution is -2.48. The Kier molecular flexibility index (Phi) is 2.92. The Balaban J connectivity index is 1.64. The third-order valence-electron chi connectivity index (χ3n) is 3.91. The normalized spacial score (nSPS) is 31.5. The van der Waals surface area contributed by atoms with Crippen LogP contribution in [0.25, 0.3) is 0 Å². The van der Waals surface area contributed by atoms with Crippen LogP contribution in [0.1, 0.15) is 41.6 Å². The van der Waals surface area contributed by atoms with Gasteiger partial charge in [0.1, 0.15) is 0 Å². The summed E-state index contributed by atoms with van der Waals surface area (Å²) in [5.41, 5.74) is 1.94. The smallest absolute Gasteiger partial charge is 0.252 e. The van der Waals surface area contributed by atoms with Gasteiger partial charge in [0.25, 0.3) is 5.91 Å². The van der Waals surface area contributed by atoms with Gasteiger partial charge >= 0.3 is 0 Å². The SMILES string of the molecule is Cc1cscc1C(=O)NC1CC2CCC(C1)N2. The fourth-order valence-corrected chi connectivity index (χ4v) is 3.86. The molecule has 0 aliphatic carbocycles. The minimum atomic E-state index is 0.107. The Labute approximate surface area is 106 Å². The van der Waals surface area contributed by atoms with Crippen LogP contribution in [0.15, 0.2) is 10.8 Å². The molecule has 2 aliphatic rings. The molecule has 92 valence electrons. The molecule has 0 aromatic carbocycles. The van der Waals surface area contributed by atoms with E-state index in [2.05, 4.69) is 10.6 Å². The van der Waals surface area contributed by atoms with Crippen molar-refractivity contribution in [2.45, 2.75) is 50.7 Å². The van der Waals surface area contributed by atoms with Crippen molar-refractivity contribution in [2.24, 2.45) is 0 Å². The summed E-state index contributed by atoms with van der Waals surface area (Å²) in [5.74, 6) is 0.107. The largest absolute Gasteiger partial charge is 0.349 e. The minimum Gasteiger partial charge on any atom is -0.349 e. The Morgan fingerprint density at radius 2 is 2.06 bits per heavy atom. The summed E-state index contributed by atoms with van der Waals surface area (Å²) < 4.78 is 0. The van der Waals surface area contributed by atoms with Crippen molar-refractivity contribution >= 4 is 17.2 Å². The van der Waals surface area contributed by atoms with Crippen LogP contribution >= 0.6 is 11.3 Å². The second kappa shape index (κ2) is 4.42. The molecule has 3 rings (SSSR count). The van der Waals surface area contributed by atoms with Gasteiger partial charge < -0.3 is 10.6 Å². The summed E-state index contributed by atoms with van der Waals surface area (Å²) in [4.78, 5) is 12.1. The third kappa shape index (κ3) is 2.24. The Morgan fingerprint density at radius 1 is 1.35 bits per heavy atom. The van der Waals surface area contributed by atoms with Crippen LogP contribution < -0.4 is 10.6 Å². The monoisotopic (exact) mass is 250 g/mol. The highest BCUT2D eigenvalue weighted by molar-refractivity contribution is 7.08. The number of hydrogen-bond acceptors (Lipinski definition) is 3. The van der Waals surface area contributed by atoms with E-state index in [0.29, 0.717) is 18.1 Å². The van der Waals surface area contributed by atoms with Crippen LogP contribution in [0, 0.1) is 6.92 Å². The van der Waals surface area contributed by atoms with E-state index in [9.17, 15) is 4.79 Å². The highest BCUT2D eigenvalue weighted by Crippen LogP contribution is 2.27. The quantitative estimate of drug-likeness (QED) is 0.843. The average molecular weight is 250 g/mol. The van der Waals surface area contributed by atoms with Crippen LogP contribution in [-0.2, 0) is 0 Å². The Hall–Kier alpha value is -0.870. The molecule has 0 saturated carbocycles. The predicted octanol–water partition coefficient (Wildman–Crippen LogP) is 2.07. The number of rotatable bonds is 2. The molecule has 2 fully saturated rings. The molecule has 2 bridgehead atoms. The third-order valence-corrected chi connectivity index (χ3v) is 4.77. The first-order valence-electron chi connectivity index (χ1n) is 6.32. The maximum Gasteiger partial charge on any atom is 0.252 e. The first-order chi connectivity index (χ1) is 8.22. The molecule has 2 atom stereocenters. The second-order valence-electron chi connectivity index (χ2n) is 5.25. The van der Waals surface area contributed by atoms with Crippen molar-refractivity contribution in [3.05, 3.63) is 21.9 Å². The number of carbonyl (C=O) groups is 1. The lowest BCUT2D eigenvalue weighted by Gasteiger charge is -2.29. The summed E-state index contributed by atoms with van der Waals surface area (Å²) in [7, 11) is 0. The molecular weight excluding hydrogens is 232 g/mol. The van der Waals surface area contributed by atoms with Gasteiger partial charge in [0.2, 0.25) is 0 Å². The highest BCUT2D eigenvalue weighted by atomic mass is 32.1. The van der Waals surface area contributed by atoms with E-state index in [0.717, 1.165) is 24.0 Å².